The van der Waals surface area contributed by atoms with Gasteiger partial charge in [0.25, 0.3) is 0 Å². The normalized spacial score (nSPS) is 12.5. The van der Waals surface area contributed by atoms with Crippen LogP contribution in [0.1, 0.15) is 5.69 Å². The SMILES string of the molecule is CNC(CSc1nc(C)cs1)C(=O)OC. The van der Waals surface area contributed by atoms with E-state index >= 15 is 0 Å². The number of esters is 1. The number of methoxy groups -OCH3 is 1. The Morgan fingerprint density at radius 1 is 1.80 bits per heavy atom. The van der Waals surface area contributed by atoms with E-state index in [9.17, 15) is 4.79 Å². The fourth-order valence-corrected chi connectivity index (χ4v) is 2.93. The Labute approximate surface area is 97.4 Å². The highest BCUT2D eigenvalue weighted by atomic mass is 32.2. The first kappa shape index (κ1) is 12.5. The van der Waals surface area contributed by atoms with Crippen LogP contribution in [-0.2, 0) is 9.53 Å². The summed E-state index contributed by atoms with van der Waals surface area (Å²) in [6.07, 6.45) is 0. The minimum absolute atomic E-state index is 0.238. The van der Waals surface area contributed by atoms with Crippen LogP contribution in [0.15, 0.2) is 9.72 Å². The number of likely N-dealkylation sites (N-methyl/N-ethyl adjacent to an activating group) is 1. The van der Waals surface area contributed by atoms with Gasteiger partial charge < -0.3 is 10.1 Å². The largest absolute Gasteiger partial charge is 0.468 e. The standard InChI is InChI=1S/C9H14N2O2S2/c1-6-4-14-9(11-6)15-5-7(10-2)8(12)13-3/h4,7,10H,5H2,1-3H3. The zero-order valence-electron chi connectivity index (χ0n) is 8.94. The van der Waals surface area contributed by atoms with Crippen LogP contribution in [0.25, 0.3) is 0 Å². The molecule has 15 heavy (non-hydrogen) atoms. The lowest BCUT2D eigenvalue weighted by Crippen LogP contribution is -2.37. The van der Waals surface area contributed by atoms with Crippen molar-refractivity contribution in [2.24, 2.45) is 0 Å². The van der Waals surface area contributed by atoms with Gasteiger partial charge in [0.2, 0.25) is 0 Å². The summed E-state index contributed by atoms with van der Waals surface area (Å²) in [6.45, 7) is 1.95. The zero-order valence-corrected chi connectivity index (χ0v) is 10.6. The predicted molar refractivity (Wildman–Crippen MR) is 62.4 cm³/mol. The molecule has 4 nitrogen and oxygen atoms in total. The van der Waals surface area contributed by atoms with Gasteiger partial charge in [-0.05, 0) is 14.0 Å². The van der Waals surface area contributed by atoms with Crippen LogP contribution in [0.5, 0.6) is 0 Å². The van der Waals surface area contributed by atoms with Crippen molar-refractivity contribution in [2.75, 3.05) is 19.9 Å². The molecule has 0 radical (unpaired) electrons. The Morgan fingerprint density at radius 3 is 3.00 bits per heavy atom. The summed E-state index contributed by atoms with van der Waals surface area (Å²) >= 11 is 3.16. The van der Waals surface area contributed by atoms with E-state index < -0.39 is 0 Å². The molecular weight excluding hydrogens is 232 g/mol. The number of nitrogens with zero attached hydrogens (tertiary/aromatic N) is 1. The molecule has 0 aliphatic rings. The van der Waals surface area contributed by atoms with Crippen molar-refractivity contribution in [3.8, 4) is 0 Å². The molecule has 1 N–H and O–H groups in total. The molecule has 0 saturated heterocycles. The van der Waals surface area contributed by atoms with E-state index in [2.05, 4.69) is 15.0 Å². The third-order valence-electron chi connectivity index (χ3n) is 1.81. The second-order valence-electron chi connectivity index (χ2n) is 2.93. The summed E-state index contributed by atoms with van der Waals surface area (Å²) in [5, 5.41) is 4.91. The summed E-state index contributed by atoms with van der Waals surface area (Å²) in [4.78, 5) is 15.6. The average Bonchev–Trinajstić information content (AvgIpc) is 2.64. The van der Waals surface area contributed by atoms with Crippen molar-refractivity contribution < 1.29 is 9.53 Å². The lowest BCUT2D eigenvalue weighted by Gasteiger charge is -2.11. The monoisotopic (exact) mass is 246 g/mol. The highest BCUT2D eigenvalue weighted by Gasteiger charge is 2.17. The van der Waals surface area contributed by atoms with Gasteiger partial charge in [-0.2, -0.15) is 0 Å². The lowest BCUT2D eigenvalue weighted by atomic mass is 10.3. The van der Waals surface area contributed by atoms with E-state index in [1.165, 1.54) is 7.11 Å². The first-order valence-corrected chi connectivity index (χ1v) is 6.34. The smallest absolute Gasteiger partial charge is 0.323 e. The molecule has 0 amide bonds. The maximum atomic E-state index is 11.3. The first-order valence-electron chi connectivity index (χ1n) is 4.47. The molecule has 0 fully saturated rings. The van der Waals surface area contributed by atoms with Crippen LogP contribution in [0.3, 0.4) is 0 Å². The molecule has 0 saturated carbocycles. The number of hydrogen-bond donors (Lipinski definition) is 1. The van der Waals surface area contributed by atoms with Crippen molar-refractivity contribution in [1.29, 1.82) is 0 Å². The van der Waals surface area contributed by atoms with Gasteiger partial charge in [0.1, 0.15) is 10.4 Å². The molecule has 1 atom stereocenters. The number of thioether (sulfide) groups is 1. The van der Waals surface area contributed by atoms with Crippen LogP contribution in [0, 0.1) is 6.92 Å². The van der Waals surface area contributed by atoms with Gasteiger partial charge in [-0.25, -0.2) is 4.98 Å². The summed E-state index contributed by atoms with van der Waals surface area (Å²) in [5.74, 6) is 0.397. The quantitative estimate of drug-likeness (QED) is 0.627. The van der Waals surface area contributed by atoms with Gasteiger partial charge in [-0.15, -0.1) is 11.3 Å². The predicted octanol–water partition coefficient (Wildman–Crippen LogP) is 1.30. The molecule has 0 aliphatic heterocycles. The van der Waals surface area contributed by atoms with E-state index in [-0.39, 0.29) is 12.0 Å². The molecule has 0 aromatic carbocycles. The van der Waals surface area contributed by atoms with Crippen molar-refractivity contribution >= 4 is 29.1 Å². The Balaban J connectivity index is 2.44. The van der Waals surface area contributed by atoms with Crippen molar-refractivity contribution in [3.63, 3.8) is 0 Å². The third kappa shape index (κ3) is 3.81. The first-order chi connectivity index (χ1) is 7.17. The van der Waals surface area contributed by atoms with Gasteiger partial charge >= 0.3 is 5.97 Å². The van der Waals surface area contributed by atoms with Gasteiger partial charge in [0, 0.05) is 16.8 Å². The molecular formula is C9H14N2O2S2. The van der Waals surface area contributed by atoms with Crippen LogP contribution >= 0.6 is 23.1 Å². The summed E-state index contributed by atoms with van der Waals surface area (Å²) in [5.41, 5.74) is 1.02. The lowest BCUT2D eigenvalue weighted by molar-refractivity contribution is -0.142. The number of ether oxygens (including phenoxy) is 1. The number of carbonyl (C=O) groups excluding carboxylic acids is 1. The number of rotatable bonds is 5. The van der Waals surface area contributed by atoms with Crippen LogP contribution < -0.4 is 5.32 Å². The summed E-state index contributed by atoms with van der Waals surface area (Å²) in [6, 6.07) is -0.274. The minimum Gasteiger partial charge on any atom is -0.468 e. The molecule has 1 aromatic heterocycles. The number of thiazole rings is 1. The Hall–Kier alpha value is -0.590. The topological polar surface area (TPSA) is 51.2 Å². The number of hydrogen-bond acceptors (Lipinski definition) is 6. The van der Waals surface area contributed by atoms with Crippen molar-refractivity contribution in [1.82, 2.24) is 10.3 Å². The molecule has 84 valence electrons. The third-order valence-corrected chi connectivity index (χ3v) is 4.04. The van der Waals surface area contributed by atoms with Crippen molar-refractivity contribution in [3.05, 3.63) is 11.1 Å². The molecule has 0 bridgehead atoms. The average molecular weight is 246 g/mol. The van der Waals surface area contributed by atoms with Crippen LogP contribution in [0.4, 0.5) is 0 Å². The highest BCUT2D eigenvalue weighted by molar-refractivity contribution is 8.01. The van der Waals surface area contributed by atoms with Crippen LogP contribution in [0.2, 0.25) is 0 Å². The number of aryl methyl sites for hydroxylation is 1. The number of aromatic nitrogens is 1. The molecule has 1 rings (SSSR count). The van der Waals surface area contributed by atoms with E-state index in [0.717, 1.165) is 10.0 Å². The molecule has 1 heterocycles. The fraction of sp³-hybridized carbons (Fsp3) is 0.556. The second kappa shape index (κ2) is 6.09. The van der Waals surface area contributed by atoms with Crippen molar-refractivity contribution in [2.45, 2.75) is 17.3 Å². The number of carbonyl (C=O) groups is 1. The minimum atomic E-state index is -0.274. The van der Waals surface area contributed by atoms with Crippen LogP contribution in [-0.4, -0.2) is 36.9 Å². The molecule has 1 aromatic rings. The van der Waals surface area contributed by atoms with Gasteiger partial charge in [-0.1, -0.05) is 11.8 Å². The summed E-state index contributed by atoms with van der Waals surface area (Å²) in [7, 11) is 3.14. The second-order valence-corrected chi connectivity index (χ2v) is 5.06. The molecule has 1 unspecified atom stereocenters. The van der Waals surface area contributed by atoms with E-state index in [1.807, 2.05) is 12.3 Å². The zero-order chi connectivity index (χ0) is 11.3. The fourth-order valence-electron chi connectivity index (χ4n) is 0.965. The highest BCUT2D eigenvalue weighted by Crippen LogP contribution is 2.22. The van der Waals surface area contributed by atoms with E-state index in [4.69, 9.17) is 0 Å². The summed E-state index contributed by atoms with van der Waals surface area (Å²) < 4.78 is 5.65. The van der Waals surface area contributed by atoms with Gasteiger partial charge in [-0.3, -0.25) is 4.79 Å². The number of nitrogens with one attached hydrogen (secondary N) is 1. The van der Waals surface area contributed by atoms with Gasteiger partial charge in [0.05, 0.1) is 7.11 Å². The Morgan fingerprint density at radius 2 is 2.53 bits per heavy atom. The Bertz CT molecular complexity index is 328. The maximum absolute atomic E-state index is 11.3. The molecule has 0 aliphatic carbocycles. The molecule has 0 spiro atoms. The Kier molecular flexibility index (Phi) is 5.07. The van der Waals surface area contributed by atoms with Gasteiger partial charge in [0.15, 0.2) is 0 Å². The molecule has 6 heteroatoms. The maximum Gasteiger partial charge on any atom is 0.323 e. The van der Waals surface area contributed by atoms with E-state index in [1.54, 1.807) is 30.1 Å². The van der Waals surface area contributed by atoms with E-state index in [0.29, 0.717) is 5.75 Å².